The van der Waals surface area contributed by atoms with Gasteiger partial charge in [-0.15, -0.1) is 5.10 Å². The van der Waals surface area contributed by atoms with Crippen LogP contribution in [0.3, 0.4) is 0 Å². The first-order valence-corrected chi connectivity index (χ1v) is 6.55. The van der Waals surface area contributed by atoms with Crippen LogP contribution in [0.4, 0.5) is 0 Å². The van der Waals surface area contributed by atoms with E-state index < -0.39 is 6.04 Å². The number of rotatable bonds is 3. The summed E-state index contributed by atoms with van der Waals surface area (Å²) in [6.45, 7) is 6.82. The smallest absolute Gasteiger partial charge is 0.276 e. The molecule has 0 aromatic carbocycles. The molecular formula is C12H19N5O2. The highest BCUT2D eigenvalue weighted by Crippen LogP contribution is 2.13. The Morgan fingerprint density at radius 2 is 2.32 bits per heavy atom. The van der Waals surface area contributed by atoms with Crippen molar-refractivity contribution in [2.75, 3.05) is 13.1 Å². The summed E-state index contributed by atoms with van der Waals surface area (Å²) < 4.78 is 1.64. The Bertz CT molecular complexity index is 482. The summed E-state index contributed by atoms with van der Waals surface area (Å²) in [6, 6.07) is -0.258. The average Bonchev–Trinajstić information content (AvgIpc) is 2.87. The molecule has 19 heavy (non-hydrogen) atoms. The highest BCUT2D eigenvalue weighted by atomic mass is 16.2. The number of nitrogens with one attached hydrogen (secondary N) is 1. The Morgan fingerprint density at radius 3 is 2.89 bits per heavy atom. The lowest BCUT2D eigenvalue weighted by Gasteiger charge is -2.33. The number of aromatic nitrogens is 3. The largest absolute Gasteiger partial charge is 0.353 e. The maximum Gasteiger partial charge on any atom is 0.276 e. The summed E-state index contributed by atoms with van der Waals surface area (Å²) in [5.41, 5.74) is 0.293. The third-order valence-corrected chi connectivity index (χ3v) is 3.24. The number of hydrogen-bond donors (Lipinski definition) is 1. The second-order valence-corrected chi connectivity index (χ2v) is 4.89. The summed E-state index contributed by atoms with van der Waals surface area (Å²) in [6.07, 6.45) is 2.22. The van der Waals surface area contributed by atoms with Gasteiger partial charge in [-0.3, -0.25) is 9.59 Å². The predicted octanol–water partition coefficient (Wildman–Crippen LogP) is 0.210. The molecular weight excluding hydrogens is 246 g/mol. The van der Waals surface area contributed by atoms with Crippen LogP contribution in [0.25, 0.3) is 0 Å². The second kappa shape index (κ2) is 5.38. The van der Waals surface area contributed by atoms with Crippen LogP contribution in [-0.4, -0.2) is 50.8 Å². The van der Waals surface area contributed by atoms with Gasteiger partial charge in [0, 0.05) is 19.1 Å². The molecule has 1 aromatic rings. The van der Waals surface area contributed by atoms with Crippen LogP contribution >= 0.6 is 0 Å². The van der Waals surface area contributed by atoms with Crippen LogP contribution in [0.2, 0.25) is 0 Å². The van der Waals surface area contributed by atoms with Gasteiger partial charge in [-0.05, 0) is 20.3 Å². The molecule has 7 nitrogen and oxygen atoms in total. The molecule has 0 saturated carbocycles. The first kappa shape index (κ1) is 13.5. The van der Waals surface area contributed by atoms with E-state index in [2.05, 4.69) is 15.6 Å². The third kappa shape index (κ3) is 2.59. The molecule has 1 fully saturated rings. The van der Waals surface area contributed by atoms with E-state index in [1.54, 1.807) is 15.8 Å². The van der Waals surface area contributed by atoms with Crippen molar-refractivity contribution >= 4 is 11.8 Å². The van der Waals surface area contributed by atoms with Crippen molar-refractivity contribution in [3.8, 4) is 0 Å². The Balaban J connectivity index is 2.19. The molecule has 1 N–H and O–H groups in total. The van der Waals surface area contributed by atoms with Crippen molar-refractivity contribution in [3.05, 3.63) is 11.9 Å². The highest BCUT2D eigenvalue weighted by molar-refractivity contribution is 5.96. The SMILES string of the molecule is CCC1C(=O)NCCN1C(=O)c1cn(C(C)C)nn1. The number of carbonyl (C=O) groups is 2. The van der Waals surface area contributed by atoms with Crippen molar-refractivity contribution in [2.45, 2.75) is 39.3 Å². The number of carbonyl (C=O) groups excluding carboxylic acids is 2. The topological polar surface area (TPSA) is 80.1 Å². The summed E-state index contributed by atoms with van der Waals surface area (Å²) in [7, 11) is 0. The van der Waals surface area contributed by atoms with Crippen LogP contribution in [0.1, 0.15) is 43.7 Å². The van der Waals surface area contributed by atoms with Crippen molar-refractivity contribution in [1.82, 2.24) is 25.2 Å². The van der Waals surface area contributed by atoms with E-state index in [1.807, 2.05) is 20.8 Å². The zero-order valence-corrected chi connectivity index (χ0v) is 11.5. The molecule has 104 valence electrons. The minimum Gasteiger partial charge on any atom is -0.353 e. The van der Waals surface area contributed by atoms with E-state index in [-0.39, 0.29) is 17.9 Å². The van der Waals surface area contributed by atoms with Gasteiger partial charge in [0.1, 0.15) is 6.04 Å². The van der Waals surface area contributed by atoms with Crippen LogP contribution in [0.15, 0.2) is 6.20 Å². The fourth-order valence-electron chi connectivity index (χ4n) is 2.14. The Kier molecular flexibility index (Phi) is 3.82. The molecule has 0 spiro atoms. The Hall–Kier alpha value is -1.92. The molecule has 1 atom stereocenters. The van der Waals surface area contributed by atoms with E-state index in [4.69, 9.17) is 0 Å². The molecule has 1 aliphatic rings. The highest BCUT2D eigenvalue weighted by Gasteiger charge is 2.33. The molecule has 1 unspecified atom stereocenters. The fraction of sp³-hybridized carbons (Fsp3) is 0.667. The van der Waals surface area contributed by atoms with Crippen molar-refractivity contribution in [1.29, 1.82) is 0 Å². The molecule has 7 heteroatoms. The first-order chi connectivity index (χ1) is 9.04. The normalized spacial score (nSPS) is 19.7. The van der Waals surface area contributed by atoms with E-state index in [0.29, 0.717) is 25.2 Å². The summed E-state index contributed by atoms with van der Waals surface area (Å²) in [4.78, 5) is 25.7. The van der Waals surface area contributed by atoms with Gasteiger partial charge in [-0.25, -0.2) is 4.68 Å². The molecule has 2 rings (SSSR count). The molecule has 2 heterocycles. The average molecular weight is 265 g/mol. The zero-order chi connectivity index (χ0) is 14.0. The summed E-state index contributed by atoms with van der Waals surface area (Å²) in [5.74, 6) is -0.327. The Morgan fingerprint density at radius 1 is 1.58 bits per heavy atom. The molecule has 0 bridgehead atoms. The van der Waals surface area contributed by atoms with Gasteiger partial charge >= 0.3 is 0 Å². The molecule has 1 aliphatic heterocycles. The van der Waals surface area contributed by atoms with E-state index in [1.165, 1.54) is 0 Å². The van der Waals surface area contributed by atoms with Crippen molar-refractivity contribution < 1.29 is 9.59 Å². The van der Waals surface area contributed by atoms with E-state index in [9.17, 15) is 9.59 Å². The maximum absolute atomic E-state index is 12.4. The monoisotopic (exact) mass is 265 g/mol. The molecule has 1 saturated heterocycles. The second-order valence-electron chi connectivity index (χ2n) is 4.89. The zero-order valence-electron chi connectivity index (χ0n) is 11.5. The molecule has 0 radical (unpaired) electrons. The molecule has 1 aromatic heterocycles. The molecule has 0 aliphatic carbocycles. The lowest BCUT2D eigenvalue weighted by atomic mass is 10.1. The van der Waals surface area contributed by atoms with Crippen molar-refractivity contribution in [3.63, 3.8) is 0 Å². The predicted molar refractivity (Wildman–Crippen MR) is 68.5 cm³/mol. The molecule has 2 amide bonds. The Labute approximate surface area is 112 Å². The van der Waals surface area contributed by atoms with Gasteiger partial charge in [0.25, 0.3) is 5.91 Å². The summed E-state index contributed by atoms with van der Waals surface area (Å²) in [5, 5.41) is 10.6. The lowest BCUT2D eigenvalue weighted by molar-refractivity contribution is -0.127. The quantitative estimate of drug-likeness (QED) is 0.847. The number of amides is 2. The van der Waals surface area contributed by atoms with Gasteiger partial charge in [0.05, 0.1) is 6.20 Å². The first-order valence-electron chi connectivity index (χ1n) is 6.55. The number of hydrogen-bond acceptors (Lipinski definition) is 4. The summed E-state index contributed by atoms with van der Waals surface area (Å²) >= 11 is 0. The number of piperazine rings is 1. The maximum atomic E-state index is 12.4. The van der Waals surface area contributed by atoms with Gasteiger partial charge in [-0.2, -0.15) is 0 Å². The minimum absolute atomic E-state index is 0.0987. The van der Waals surface area contributed by atoms with Gasteiger partial charge in [0.15, 0.2) is 5.69 Å². The third-order valence-electron chi connectivity index (χ3n) is 3.24. The standard InChI is InChI=1S/C12H19N5O2/c1-4-10-11(18)13-5-6-16(10)12(19)9-7-17(8(2)3)15-14-9/h7-8,10H,4-6H2,1-3H3,(H,13,18). The van der Waals surface area contributed by atoms with Crippen LogP contribution in [-0.2, 0) is 4.79 Å². The van der Waals surface area contributed by atoms with Crippen LogP contribution in [0, 0.1) is 0 Å². The van der Waals surface area contributed by atoms with E-state index in [0.717, 1.165) is 0 Å². The number of nitrogens with zero attached hydrogens (tertiary/aromatic N) is 4. The minimum atomic E-state index is -0.412. The van der Waals surface area contributed by atoms with Crippen LogP contribution < -0.4 is 5.32 Å². The van der Waals surface area contributed by atoms with Gasteiger partial charge < -0.3 is 10.2 Å². The van der Waals surface area contributed by atoms with Gasteiger partial charge in [0.2, 0.25) is 5.91 Å². The van der Waals surface area contributed by atoms with Crippen molar-refractivity contribution in [2.24, 2.45) is 0 Å². The lowest BCUT2D eigenvalue weighted by Crippen LogP contribution is -2.57. The van der Waals surface area contributed by atoms with Gasteiger partial charge in [-0.1, -0.05) is 12.1 Å². The van der Waals surface area contributed by atoms with Crippen LogP contribution in [0.5, 0.6) is 0 Å². The van der Waals surface area contributed by atoms with E-state index >= 15 is 0 Å². The fourth-order valence-corrected chi connectivity index (χ4v) is 2.14.